The number of carbonyl (C=O) groups is 1. The minimum absolute atomic E-state index is 0.230. The molecule has 0 bridgehead atoms. The van der Waals surface area contributed by atoms with Crippen molar-refractivity contribution in [2.45, 2.75) is 38.0 Å². The van der Waals surface area contributed by atoms with Crippen molar-refractivity contribution in [3.05, 3.63) is 59.7 Å². The molecule has 3 heterocycles. The Morgan fingerprint density at radius 1 is 1.18 bits per heavy atom. The molecule has 1 saturated carbocycles. The van der Waals surface area contributed by atoms with Crippen LogP contribution in [0.5, 0.6) is 0 Å². The van der Waals surface area contributed by atoms with Gasteiger partial charge in [-0.15, -0.1) is 0 Å². The minimum atomic E-state index is -0.691. The smallest absolute Gasteiger partial charge is 0.306 e. The molecule has 0 unspecified atom stereocenters. The van der Waals surface area contributed by atoms with E-state index in [4.69, 9.17) is 4.74 Å². The van der Waals surface area contributed by atoms with Gasteiger partial charge in [-0.05, 0) is 80.0 Å². The zero-order valence-electron chi connectivity index (χ0n) is 18.3. The van der Waals surface area contributed by atoms with E-state index in [1.807, 2.05) is 18.3 Å². The first kappa shape index (κ1) is 20.4. The van der Waals surface area contributed by atoms with E-state index in [1.165, 1.54) is 23.4 Å². The van der Waals surface area contributed by atoms with Gasteiger partial charge in [0.15, 0.2) is 0 Å². The maximum atomic E-state index is 13.8. The zero-order chi connectivity index (χ0) is 22.5. The molecule has 2 aliphatic rings. The van der Waals surface area contributed by atoms with Gasteiger partial charge in [-0.2, -0.15) is 5.10 Å². The summed E-state index contributed by atoms with van der Waals surface area (Å²) in [6, 6.07) is 11.0. The van der Waals surface area contributed by atoms with Crippen molar-refractivity contribution in [2.75, 3.05) is 13.2 Å². The monoisotopic (exact) mass is 447 g/mol. The van der Waals surface area contributed by atoms with E-state index in [9.17, 15) is 14.3 Å². The Hall–Kier alpha value is -3.19. The van der Waals surface area contributed by atoms with Crippen LogP contribution in [-0.2, 0) is 16.0 Å². The molecule has 1 aliphatic carbocycles. The molecule has 2 aromatic carbocycles. The molecule has 0 spiro atoms. The van der Waals surface area contributed by atoms with Crippen LogP contribution in [-0.4, -0.2) is 39.1 Å². The summed E-state index contributed by atoms with van der Waals surface area (Å²) in [7, 11) is 0. The summed E-state index contributed by atoms with van der Waals surface area (Å²) in [5.41, 5.74) is 5.55. The lowest BCUT2D eigenvalue weighted by Crippen LogP contribution is -2.31. The molecule has 6 rings (SSSR count). The Balaban J connectivity index is 1.56. The van der Waals surface area contributed by atoms with Crippen molar-refractivity contribution < 1.29 is 19.0 Å². The molecule has 0 atom stereocenters. The molecule has 0 radical (unpaired) electrons. The van der Waals surface area contributed by atoms with Gasteiger partial charge < -0.3 is 14.4 Å². The van der Waals surface area contributed by atoms with E-state index in [0.29, 0.717) is 11.8 Å². The number of aromatic nitrogens is 3. The summed E-state index contributed by atoms with van der Waals surface area (Å²) in [4.78, 5) is 11.4. The Morgan fingerprint density at radius 3 is 2.67 bits per heavy atom. The van der Waals surface area contributed by atoms with Crippen molar-refractivity contribution in [1.82, 2.24) is 14.8 Å². The predicted molar refractivity (Wildman–Crippen MR) is 123 cm³/mol. The number of halogens is 1. The largest absolute Gasteiger partial charge is 0.481 e. The van der Waals surface area contributed by atoms with Crippen molar-refractivity contribution in [3.63, 3.8) is 0 Å². The maximum Gasteiger partial charge on any atom is 0.306 e. The van der Waals surface area contributed by atoms with E-state index in [0.717, 1.165) is 72.8 Å². The van der Waals surface area contributed by atoms with Crippen LogP contribution >= 0.6 is 0 Å². The van der Waals surface area contributed by atoms with Crippen LogP contribution < -0.4 is 0 Å². The lowest BCUT2D eigenvalue weighted by molar-refractivity contribution is -0.146. The number of rotatable bonds is 5. The van der Waals surface area contributed by atoms with Crippen molar-refractivity contribution in [2.24, 2.45) is 11.8 Å². The molecule has 33 heavy (non-hydrogen) atoms. The van der Waals surface area contributed by atoms with Gasteiger partial charge in [0, 0.05) is 41.3 Å². The fourth-order valence-corrected chi connectivity index (χ4v) is 5.68. The van der Waals surface area contributed by atoms with Crippen LogP contribution in [0.15, 0.2) is 42.6 Å². The van der Waals surface area contributed by atoms with Gasteiger partial charge in [-0.25, -0.2) is 4.39 Å². The predicted octanol–water partition coefficient (Wildman–Crippen LogP) is 5.19. The average molecular weight is 448 g/mol. The molecule has 2 N–H and O–H groups in total. The molecule has 7 heteroatoms. The minimum Gasteiger partial charge on any atom is -0.481 e. The van der Waals surface area contributed by atoms with E-state index in [1.54, 1.807) is 0 Å². The molecule has 6 nitrogen and oxygen atoms in total. The van der Waals surface area contributed by atoms with E-state index < -0.39 is 5.97 Å². The first-order chi connectivity index (χ1) is 16.1. The van der Waals surface area contributed by atoms with Gasteiger partial charge in [-0.1, -0.05) is 0 Å². The summed E-state index contributed by atoms with van der Waals surface area (Å²) in [6.07, 6.45) is 5.99. The Kier molecular flexibility index (Phi) is 4.94. The third-order valence-electron chi connectivity index (χ3n) is 7.44. The summed E-state index contributed by atoms with van der Waals surface area (Å²) >= 11 is 0. The molecule has 170 valence electrons. The number of hydrogen-bond acceptors (Lipinski definition) is 3. The lowest BCUT2D eigenvalue weighted by Gasteiger charge is -2.33. The second kappa shape index (κ2) is 7.99. The summed E-state index contributed by atoms with van der Waals surface area (Å²) in [6.45, 7) is 1.45. The molecule has 0 amide bonds. The van der Waals surface area contributed by atoms with Crippen LogP contribution in [0.25, 0.3) is 27.5 Å². The number of aliphatic carboxylic acids is 1. The highest BCUT2D eigenvalue weighted by molar-refractivity contribution is 5.98. The van der Waals surface area contributed by atoms with Crippen LogP contribution in [0.3, 0.4) is 0 Å². The van der Waals surface area contributed by atoms with Crippen molar-refractivity contribution >= 4 is 27.8 Å². The lowest BCUT2D eigenvalue weighted by atomic mass is 9.71. The Labute approximate surface area is 190 Å². The molecule has 2 aromatic heterocycles. The molecule has 2 fully saturated rings. The molecular weight excluding hydrogens is 421 g/mol. The van der Waals surface area contributed by atoms with Gasteiger partial charge >= 0.3 is 5.97 Å². The SMILES string of the molecule is O=C(O)C1CC(Cc2c(C3CCOCC3)n(-c3ccc(F)cc3)c3cc4cn[nH]c4cc23)C1. The van der Waals surface area contributed by atoms with E-state index in [-0.39, 0.29) is 11.7 Å². The number of ether oxygens (including phenoxy) is 1. The normalized spacial score (nSPS) is 21.5. The second-order valence-corrected chi connectivity index (χ2v) is 9.47. The number of H-pyrrole nitrogens is 1. The van der Waals surface area contributed by atoms with Crippen molar-refractivity contribution in [3.8, 4) is 5.69 Å². The van der Waals surface area contributed by atoms with E-state index in [2.05, 4.69) is 26.9 Å². The van der Waals surface area contributed by atoms with Gasteiger partial charge in [0.05, 0.1) is 23.1 Å². The maximum absolute atomic E-state index is 13.8. The zero-order valence-corrected chi connectivity index (χ0v) is 18.3. The summed E-state index contributed by atoms with van der Waals surface area (Å²) in [5.74, 6) is -0.489. The number of nitrogens with one attached hydrogen (secondary N) is 1. The summed E-state index contributed by atoms with van der Waals surface area (Å²) < 4.78 is 21.7. The van der Waals surface area contributed by atoms with Crippen LogP contribution in [0, 0.1) is 17.7 Å². The first-order valence-electron chi connectivity index (χ1n) is 11.7. The summed E-state index contributed by atoms with van der Waals surface area (Å²) in [5, 5.41) is 18.9. The van der Waals surface area contributed by atoms with Gasteiger partial charge in [0.1, 0.15) is 5.82 Å². The molecule has 4 aromatic rings. The van der Waals surface area contributed by atoms with Gasteiger partial charge in [-0.3, -0.25) is 9.89 Å². The number of aromatic amines is 1. The highest BCUT2D eigenvalue weighted by Crippen LogP contribution is 2.44. The van der Waals surface area contributed by atoms with Crippen LogP contribution in [0.4, 0.5) is 4.39 Å². The van der Waals surface area contributed by atoms with Gasteiger partial charge in [0.25, 0.3) is 0 Å². The number of hydrogen-bond donors (Lipinski definition) is 2. The standard InChI is InChI=1S/C26H26FN3O3/c27-19-1-3-20(4-2-19)30-24-12-18-14-28-29-23(18)13-21(24)22(11-15-9-17(10-15)26(31)32)25(30)16-5-7-33-8-6-16/h1-4,12-17H,5-11H2,(H,28,29)(H,31,32). The average Bonchev–Trinajstić information content (AvgIpc) is 3.37. The quantitative estimate of drug-likeness (QED) is 0.441. The first-order valence-corrected chi connectivity index (χ1v) is 11.7. The molecular formula is C26H26FN3O3. The molecule has 1 aliphatic heterocycles. The second-order valence-electron chi connectivity index (χ2n) is 9.47. The highest BCUT2D eigenvalue weighted by Gasteiger charge is 2.36. The fraction of sp³-hybridized carbons (Fsp3) is 0.385. The number of carboxylic acids is 1. The van der Waals surface area contributed by atoms with Crippen LogP contribution in [0.2, 0.25) is 0 Å². The fourth-order valence-electron chi connectivity index (χ4n) is 5.68. The van der Waals surface area contributed by atoms with E-state index >= 15 is 0 Å². The Morgan fingerprint density at radius 2 is 1.94 bits per heavy atom. The third-order valence-corrected chi connectivity index (χ3v) is 7.44. The number of fused-ring (bicyclic) bond motifs is 2. The number of nitrogens with zero attached hydrogens (tertiary/aromatic N) is 2. The van der Waals surface area contributed by atoms with Crippen LogP contribution in [0.1, 0.15) is 42.9 Å². The molecule has 1 saturated heterocycles. The van der Waals surface area contributed by atoms with Crippen molar-refractivity contribution in [1.29, 1.82) is 0 Å². The number of carboxylic acid groups (broad SMARTS) is 1. The highest BCUT2D eigenvalue weighted by atomic mass is 19.1. The Bertz CT molecular complexity index is 1330. The number of benzene rings is 2. The third kappa shape index (κ3) is 3.51. The van der Waals surface area contributed by atoms with Gasteiger partial charge in [0.2, 0.25) is 0 Å². The topological polar surface area (TPSA) is 80.1 Å².